The summed E-state index contributed by atoms with van der Waals surface area (Å²) in [6, 6.07) is 4.94. The number of fused-ring (bicyclic) bond motifs is 3. The lowest BCUT2D eigenvalue weighted by Gasteiger charge is -2.34. The lowest BCUT2D eigenvalue weighted by Crippen LogP contribution is -2.49. The van der Waals surface area contributed by atoms with Crippen molar-refractivity contribution < 1.29 is 36.4 Å². The minimum absolute atomic E-state index is 0.148. The van der Waals surface area contributed by atoms with Crippen molar-refractivity contribution in [2.75, 3.05) is 0 Å². The number of hydrogen-bond donors (Lipinski definition) is 1. The van der Waals surface area contributed by atoms with Crippen molar-refractivity contribution >= 4 is 55.9 Å². The lowest BCUT2D eigenvalue weighted by atomic mass is 9.81. The average molecular weight is 801 g/mol. The van der Waals surface area contributed by atoms with Crippen LogP contribution in [0.3, 0.4) is 0 Å². The molecule has 48 heavy (non-hydrogen) atoms. The third kappa shape index (κ3) is 6.58. The molecule has 258 valence electrons. The van der Waals surface area contributed by atoms with Crippen molar-refractivity contribution in [3.63, 3.8) is 0 Å². The van der Waals surface area contributed by atoms with Crippen molar-refractivity contribution in [1.82, 2.24) is 24.2 Å². The molecule has 0 spiro atoms. The number of nitro benzene ring substituents is 1. The van der Waals surface area contributed by atoms with Crippen LogP contribution < -0.4 is 5.32 Å². The Balaban J connectivity index is 1.26. The van der Waals surface area contributed by atoms with Gasteiger partial charge in [-0.25, -0.2) is 35.8 Å². The number of nitro groups is 1. The van der Waals surface area contributed by atoms with Crippen LogP contribution in [0.15, 0.2) is 47.6 Å². The van der Waals surface area contributed by atoms with E-state index in [1.165, 1.54) is 4.52 Å². The van der Waals surface area contributed by atoms with Crippen LogP contribution in [0.2, 0.25) is 0 Å². The lowest BCUT2D eigenvalue weighted by molar-refractivity contribution is -0.384. The Kier molecular flexibility index (Phi) is 8.69. The number of amides is 2. The minimum Gasteiger partial charge on any atom is -0.444 e. The topological polar surface area (TPSA) is 166 Å². The van der Waals surface area contributed by atoms with Gasteiger partial charge < -0.3 is 10.1 Å². The molecule has 3 fully saturated rings. The van der Waals surface area contributed by atoms with Crippen LogP contribution in [-0.2, 0) is 26.0 Å². The molecule has 2 saturated carbocycles. The van der Waals surface area contributed by atoms with E-state index in [-0.39, 0.29) is 52.5 Å². The number of rotatable bonds is 8. The van der Waals surface area contributed by atoms with Crippen LogP contribution in [0.1, 0.15) is 76.6 Å². The van der Waals surface area contributed by atoms with Gasteiger partial charge in [0, 0.05) is 28.9 Å². The fourth-order valence-corrected chi connectivity index (χ4v) is 10.4. The van der Waals surface area contributed by atoms with Crippen LogP contribution >= 0.6 is 22.6 Å². The molecular formula is C31H35F2IN6O7S. The first-order valence-corrected chi connectivity index (χ1v) is 18.3. The molecule has 3 unspecified atom stereocenters. The number of aromatic nitrogens is 3. The number of sulfonamides is 1. The number of piperidine rings is 1. The maximum atomic E-state index is 14.0. The van der Waals surface area contributed by atoms with Crippen LogP contribution in [0, 0.1) is 21.4 Å². The van der Waals surface area contributed by atoms with Crippen molar-refractivity contribution in [2.45, 2.75) is 98.1 Å². The largest absolute Gasteiger partial charge is 0.444 e. The summed E-state index contributed by atoms with van der Waals surface area (Å²) in [5.74, 6) is -3.60. The van der Waals surface area contributed by atoms with Crippen LogP contribution in [0.5, 0.6) is 0 Å². The number of alkyl halides is 3. The number of imidazole rings is 1. The van der Waals surface area contributed by atoms with Gasteiger partial charge in [0.25, 0.3) is 15.7 Å². The fourth-order valence-electron chi connectivity index (χ4n) is 7.11. The Morgan fingerprint density at radius 2 is 1.88 bits per heavy atom. The predicted molar refractivity (Wildman–Crippen MR) is 176 cm³/mol. The SMILES string of the molecule is CC(C)(C)OC(=O)N[C@H](c1cn2ncc(CC34CC(I)C(C3)N(S(=O)(=O)c3ccc([N+](=O)[O-])cc3)C4=O)cc2n1)C1CCC(F)(F)CC1. The van der Waals surface area contributed by atoms with Gasteiger partial charge in [-0.05, 0) is 82.6 Å². The van der Waals surface area contributed by atoms with Gasteiger partial charge in [0.15, 0.2) is 5.65 Å². The number of carbonyl (C=O) groups is 2. The Bertz CT molecular complexity index is 1870. The third-order valence-electron chi connectivity index (χ3n) is 9.32. The van der Waals surface area contributed by atoms with Crippen LogP contribution in [0.4, 0.5) is 19.3 Å². The fraction of sp³-hybridized carbons (Fsp3) is 0.548. The third-order valence-corrected chi connectivity index (χ3v) is 12.4. The smallest absolute Gasteiger partial charge is 0.408 e. The van der Waals surface area contributed by atoms with Crippen LogP contribution in [0.25, 0.3) is 5.65 Å². The standard InChI is InChI=1S/C31H35F2IN6O7S/c1-29(2,3)47-28(42)37-26(19-8-10-31(32,33)11-9-19)23-17-38-25(36-23)12-18(16-35-38)13-30-14-22(34)24(15-30)39(27(30)41)48(45,46)21-6-4-20(5-7-21)40(43)44/h4-7,12,16-17,19,22,24,26H,8-11,13-15H2,1-3H3,(H,37,42)/t22?,24?,26-,30?/m0/s1. The molecule has 3 heterocycles. The van der Waals surface area contributed by atoms with Crippen molar-refractivity contribution in [3.8, 4) is 0 Å². The van der Waals surface area contributed by atoms with Gasteiger partial charge in [-0.3, -0.25) is 14.9 Å². The first-order valence-electron chi connectivity index (χ1n) is 15.6. The molecule has 1 N–H and O–H groups in total. The second-order valence-electron chi connectivity index (χ2n) is 14.0. The zero-order valence-electron chi connectivity index (χ0n) is 26.4. The highest BCUT2D eigenvalue weighted by Crippen LogP contribution is 2.55. The summed E-state index contributed by atoms with van der Waals surface area (Å²) in [6.07, 6.45) is 3.28. The quantitative estimate of drug-likeness (QED) is 0.129. The second kappa shape index (κ2) is 12.1. The molecule has 2 amide bonds. The minimum atomic E-state index is -4.27. The Labute approximate surface area is 289 Å². The number of hydrogen-bond acceptors (Lipinski definition) is 9. The number of nitrogens with zero attached hydrogens (tertiary/aromatic N) is 5. The van der Waals surface area contributed by atoms with Gasteiger partial charge in [0.05, 0.1) is 45.4 Å². The van der Waals surface area contributed by atoms with E-state index in [2.05, 4.69) is 33.0 Å². The number of benzene rings is 1. The molecule has 3 aromatic rings. The summed E-state index contributed by atoms with van der Waals surface area (Å²) in [5, 5.41) is 18.4. The van der Waals surface area contributed by atoms with E-state index in [1.54, 1.807) is 39.2 Å². The maximum Gasteiger partial charge on any atom is 0.408 e. The van der Waals surface area contributed by atoms with Gasteiger partial charge in [-0.2, -0.15) is 5.10 Å². The Hall–Kier alpha value is -3.48. The molecule has 4 atom stereocenters. The zero-order chi connectivity index (χ0) is 34.8. The van der Waals surface area contributed by atoms with E-state index in [0.717, 1.165) is 28.6 Å². The highest BCUT2D eigenvalue weighted by atomic mass is 127. The van der Waals surface area contributed by atoms with Crippen molar-refractivity contribution in [1.29, 1.82) is 0 Å². The van der Waals surface area contributed by atoms with E-state index in [9.17, 15) is 36.9 Å². The Morgan fingerprint density at radius 3 is 2.50 bits per heavy atom. The monoisotopic (exact) mass is 800 g/mol. The van der Waals surface area contributed by atoms with E-state index >= 15 is 0 Å². The van der Waals surface area contributed by atoms with Crippen molar-refractivity contribution in [3.05, 3.63) is 64.1 Å². The van der Waals surface area contributed by atoms with Crippen molar-refractivity contribution in [2.24, 2.45) is 11.3 Å². The number of alkyl carbamates (subject to hydrolysis) is 1. The number of carbonyl (C=O) groups excluding carboxylic acids is 2. The first-order chi connectivity index (χ1) is 22.4. The molecule has 3 aliphatic rings. The zero-order valence-corrected chi connectivity index (χ0v) is 29.4. The molecular weight excluding hydrogens is 765 g/mol. The number of ether oxygens (including phenoxy) is 1. The van der Waals surface area contributed by atoms with Gasteiger partial charge in [0.2, 0.25) is 11.8 Å². The molecule has 0 radical (unpaired) electrons. The second-order valence-corrected chi connectivity index (χ2v) is 17.4. The number of nitrogens with one attached hydrogen (secondary N) is 1. The number of non-ortho nitro benzene ring substituents is 1. The summed E-state index contributed by atoms with van der Waals surface area (Å²) in [6.45, 7) is 5.18. The average Bonchev–Trinajstić information content (AvgIpc) is 3.64. The van der Waals surface area contributed by atoms with Gasteiger partial charge in [-0.1, -0.05) is 22.6 Å². The maximum absolute atomic E-state index is 14.0. The van der Waals surface area contributed by atoms with Gasteiger partial charge in [-0.15, -0.1) is 0 Å². The molecule has 1 aromatic carbocycles. The summed E-state index contributed by atoms with van der Waals surface area (Å²) in [5.41, 5.74) is -0.534. The summed E-state index contributed by atoms with van der Waals surface area (Å²) in [7, 11) is -4.27. The molecule has 2 aliphatic carbocycles. The summed E-state index contributed by atoms with van der Waals surface area (Å²) >= 11 is 2.17. The molecule has 2 aromatic heterocycles. The molecule has 6 rings (SSSR count). The highest BCUT2D eigenvalue weighted by molar-refractivity contribution is 14.1. The summed E-state index contributed by atoms with van der Waals surface area (Å²) < 4.78 is 63.1. The van der Waals surface area contributed by atoms with E-state index < -0.39 is 56.0 Å². The van der Waals surface area contributed by atoms with Gasteiger partial charge in [0.1, 0.15) is 5.60 Å². The van der Waals surface area contributed by atoms with Crippen LogP contribution in [-0.4, -0.2) is 65.7 Å². The Morgan fingerprint density at radius 1 is 1.21 bits per heavy atom. The normalized spacial score (nSPS) is 25.0. The summed E-state index contributed by atoms with van der Waals surface area (Å²) in [4.78, 5) is 41.7. The van der Waals surface area contributed by atoms with E-state index in [4.69, 9.17) is 9.72 Å². The first kappa shape index (κ1) is 34.4. The molecule has 2 bridgehead atoms. The molecule has 13 nitrogen and oxygen atoms in total. The van der Waals surface area contributed by atoms with E-state index in [0.29, 0.717) is 29.7 Å². The van der Waals surface area contributed by atoms with E-state index in [1.807, 2.05) is 0 Å². The molecule has 1 aliphatic heterocycles. The van der Waals surface area contributed by atoms with Gasteiger partial charge >= 0.3 is 6.09 Å². The molecule has 1 saturated heterocycles. The highest BCUT2D eigenvalue weighted by Gasteiger charge is 2.63. The number of halogens is 3. The predicted octanol–water partition coefficient (Wildman–Crippen LogP) is 5.75. The molecule has 17 heteroatoms.